The van der Waals surface area contributed by atoms with Gasteiger partial charge in [0.1, 0.15) is 11.6 Å². The van der Waals surface area contributed by atoms with E-state index in [2.05, 4.69) is 19.7 Å². The van der Waals surface area contributed by atoms with Crippen LogP contribution in [0.1, 0.15) is 74.7 Å². The van der Waals surface area contributed by atoms with Crippen molar-refractivity contribution in [3.05, 3.63) is 53.8 Å². The van der Waals surface area contributed by atoms with Gasteiger partial charge in [-0.25, -0.2) is 19.7 Å². The summed E-state index contributed by atoms with van der Waals surface area (Å²) >= 11 is 0. The number of hydrogen-bond donors (Lipinski definition) is 0. The molecular weight excluding hydrogens is 468 g/mol. The third-order valence-corrected chi connectivity index (χ3v) is 7.61. The second-order valence-corrected chi connectivity index (χ2v) is 10.1. The van der Waals surface area contributed by atoms with Gasteiger partial charge in [0.2, 0.25) is 5.91 Å². The van der Waals surface area contributed by atoms with E-state index < -0.39 is 5.97 Å². The molecule has 0 bridgehead atoms. The molecule has 37 heavy (non-hydrogen) atoms. The monoisotopic (exact) mass is 506 g/mol. The van der Waals surface area contributed by atoms with E-state index in [1.807, 2.05) is 18.5 Å². The Labute approximate surface area is 219 Å². The quantitative estimate of drug-likeness (QED) is 0.333. The van der Waals surface area contributed by atoms with Crippen molar-refractivity contribution in [1.82, 2.24) is 15.0 Å². The Morgan fingerprint density at radius 2 is 1.84 bits per heavy atom. The van der Waals surface area contributed by atoms with E-state index in [1.54, 1.807) is 30.3 Å². The van der Waals surface area contributed by atoms with Crippen LogP contribution in [0, 0.1) is 11.8 Å². The zero-order chi connectivity index (χ0) is 26.0. The molecule has 2 fully saturated rings. The molecule has 2 atom stereocenters. The van der Waals surface area contributed by atoms with Crippen molar-refractivity contribution >= 4 is 23.8 Å². The zero-order valence-electron chi connectivity index (χ0n) is 22.0. The van der Waals surface area contributed by atoms with Crippen molar-refractivity contribution in [1.29, 1.82) is 0 Å². The number of anilines is 1. The normalized spacial score (nSPS) is 20.3. The molecule has 2 heterocycles. The summed E-state index contributed by atoms with van der Waals surface area (Å²) in [4.78, 5) is 40.6. The van der Waals surface area contributed by atoms with Crippen molar-refractivity contribution in [2.24, 2.45) is 11.8 Å². The summed E-state index contributed by atoms with van der Waals surface area (Å²) in [6, 6.07) is 3.60. The molecule has 0 aromatic carbocycles. The number of pyridine rings is 1. The number of rotatable bonds is 10. The average Bonchev–Trinajstić information content (AvgIpc) is 3.42. The van der Waals surface area contributed by atoms with Gasteiger partial charge >= 0.3 is 5.97 Å². The van der Waals surface area contributed by atoms with Crippen molar-refractivity contribution < 1.29 is 19.1 Å². The van der Waals surface area contributed by atoms with Crippen LogP contribution in [-0.4, -0.2) is 47.2 Å². The van der Waals surface area contributed by atoms with Crippen LogP contribution in [0.2, 0.25) is 0 Å². The first kappa shape index (κ1) is 26.9. The fourth-order valence-electron chi connectivity index (χ4n) is 5.37. The van der Waals surface area contributed by atoms with Crippen molar-refractivity contribution in [2.45, 2.75) is 76.9 Å². The van der Waals surface area contributed by atoms with Gasteiger partial charge in [0.15, 0.2) is 0 Å². The first-order valence-corrected chi connectivity index (χ1v) is 13.4. The summed E-state index contributed by atoms with van der Waals surface area (Å²) in [5.41, 5.74) is 1.87. The standard InChI is InChI=1S/C29H38N4O4/c1-36-25-12-10-21(16-25)8-9-23-18-31-26(32-19-23)20-33(29(35)24-6-4-3-5-7-24)27-17-22(14-15-30-27)11-13-28(34)37-2/h11,13-15,17-19,21,24-25H,3-10,12,16,20H2,1-2H3/b13-11+. The maximum atomic E-state index is 13.6. The molecule has 2 aliphatic carbocycles. The number of aromatic nitrogens is 3. The van der Waals surface area contributed by atoms with Crippen LogP contribution >= 0.6 is 0 Å². The Bertz CT molecular complexity index is 1070. The summed E-state index contributed by atoms with van der Waals surface area (Å²) in [5.74, 6) is 1.41. The highest BCUT2D eigenvalue weighted by Gasteiger charge is 2.28. The number of carbonyl (C=O) groups is 2. The minimum atomic E-state index is -0.437. The van der Waals surface area contributed by atoms with E-state index >= 15 is 0 Å². The van der Waals surface area contributed by atoms with Gasteiger partial charge in [-0.2, -0.15) is 0 Å². The van der Waals surface area contributed by atoms with Gasteiger partial charge in [0.25, 0.3) is 0 Å². The molecule has 0 saturated heterocycles. The number of nitrogens with zero attached hydrogens (tertiary/aromatic N) is 4. The Morgan fingerprint density at radius 3 is 2.54 bits per heavy atom. The highest BCUT2D eigenvalue weighted by Crippen LogP contribution is 2.31. The molecule has 2 unspecified atom stereocenters. The predicted octanol–water partition coefficient (Wildman–Crippen LogP) is 4.92. The lowest BCUT2D eigenvalue weighted by Gasteiger charge is -2.28. The van der Waals surface area contributed by atoms with E-state index in [4.69, 9.17) is 4.74 Å². The van der Waals surface area contributed by atoms with Crippen LogP contribution in [0.3, 0.4) is 0 Å². The predicted molar refractivity (Wildman–Crippen MR) is 142 cm³/mol. The number of aryl methyl sites for hydroxylation is 1. The Hall–Kier alpha value is -3.13. The molecule has 8 heteroatoms. The average molecular weight is 507 g/mol. The fraction of sp³-hybridized carbons (Fsp3) is 0.552. The molecule has 2 aromatic heterocycles. The molecule has 1 amide bonds. The summed E-state index contributed by atoms with van der Waals surface area (Å²) in [6.45, 7) is 0.255. The summed E-state index contributed by atoms with van der Waals surface area (Å²) in [5, 5.41) is 0. The molecular formula is C29H38N4O4. The van der Waals surface area contributed by atoms with Crippen LogP contribution < -0.4 is 4.90 Å². The number of hydrogen-bond acceptors (Lipinski definition) is 7. The van der Waals surface area contributed by atoms with Gasteiger partial charge in [-0.05, 0) is 80.2 Å². The molecule has 8 nitrogen and oxygen atoms in total. The van der Waals surface area contributed by atoms with Gasteiger partial charge in [-0.1, -0.05) is 19.3 Å². The maximum Gasteiger partial charge on any atom is 0.330 e. The van der Waals surface area contributed by atoms with Gasteiger partial charge in [0, 0.05) is 37.7 Å². The lowest BCUT2D eigenvalue weighted by molar-refractivity contribution is -0.134. The Balaban J connectivity index is 1.47. The van der Waals surface area contributed by atoms with Crippen LogP contribution in [0.15, 0.2) is 36.8 Å². The van der Waals surface area contributed by atoms with Crippen LogP contribution in [0.4, 0.5) is 5.82 Å². The van der Waals surface area contributed by atoms with Gasteiger partial charge in [-0.15, -0.1) is 0 Å². The largest absolute Gasteiger partial charge is 0.466 e. The highest BCUT2D eigenvalue weighted by molar-refractivity contribution is 5.94. The Morgan fingerprint density at radius 1 is 1.05 bits per heavy atom. The van der Waals surface area contributed by atoms with Crippen molar-refractivity contribution in [2.75, 3.05) is 19.1 Å². The first-order chi connectivity index (χ1) is 18.1. The lowest BCUT2D eigenvalue weighted by Crippen LogP contribution is -2.37. The highest BCUT2D eigenvalue weighted by atomic mass is 16.5. The van der Waals surface area contributed by atoms with E-state index in [1.165, 1.54) is 26.0 Å². The van der Waals surface area contributed by atoms with Crippen molar-refractivity contribution in [3.63, 3.8) is 0 Å². The van der Waals surface area contributed by atoms with E-state index in [0.717, 1.165) is 62.5 Å². The molecule has 0 spiro atoms. The third kappa shape index (κ3) is 7.68. The molecule has 0 radical (unpaired) electrons. The number of ether oxygens (including phenoxy) is 2. The summed E-state index contributed by atoms with van der Waals surface area (Å²) in [6.07, 6.45) is 19.5. The number of carbonyl (C=O) groups excluding carboxylic acids is 2. The number of methoxy groups -OCH3 is 2. The summed E-state index contributed by atoms with van der Waals surface area (Å²) in [7, 11) is 3.14. The third-order valence-electron chi connectivity index (χ3n) is 7.61. The minimum absolute atomic E-state index is 0.0218. The van der Waals surface area contributed by atoms with E-state index in [0.29, 0.717) is 23.7 Å². The molecule has 2 saturated carbocycles. The molecule has 0 aliphatic heterocycles. The second kappa shape index (κ2) is 13.4. The van der Waals surface area contributed by atoms with Crippen LogP contribution in [0.5, 0.6) is 0 Å². The molecule has 0 N–H and O–H groups in total. The van der Waals surface area contributed by atoms with Crippen molar-refractivity contribution in [3.8, 4) is 0 Å². The Kier molecular flexibility index (Phi) is 9.77. The van der Waals surface area contributed by atoms with E-state index in [-0.39, 0.29) is 18.4 Å². The topological polar surface area (TPSA) is 94.5 Å². The fourth-order valence-corrected chi connectivity index (χ4v) is 5.37. The van der Waals surface area contributed by atoms with Gasteiger partial charge in [0.05, 0.1) is 19.8 Å². The second-order valence-electron chi connectivity index (χ2n) is 10.1. The van der Waals surface area contributed by atoms with E-state index in [9.17, 15) is 9.59 Å². The van der Waals surface area contributed by atoms with Gasteiger partial charge < -0.3 is 9.47 Å². The maximum absolute atomic E-state index is 13.6. The van der Waals surface area contributed by atoms with Crippen LogP contribution in [-0.2, 0) is 32.0 Å². The number of esters is 1. The zero-order valence-corrected chi connectivity index (χ0v) is 22.0. The number of amides is 1. The van der Waals surface area contributed by atoms with Gasteiger partial charge in [-0.3, -0.25) is 9.69 Å². The minimum Gasteiger partial charge on any atom is -0.466 e. The summed E-state index contributed by atoms with van der Waals surface area (Å²) < 4.78 is 10.2. The first-order valence-electron chi connectivity index (χ1n) is 13.4. The molecule has 2 aromatic rings. The molecule has 2 aliphatic rings. The molecule has 198 valence electrons. The van der Waals surface area contributed by atoms with Crippen LogP contribution in [0.25, 0.3) is 6.08 Å². The smallest absolute Gasteiger partial charge is 0.330 e. The lowest BCUT2D eigenvalue weighted by atomic mass is 9.88. The SMILES string of the molecule is COC(=O)/C=C/c1ccnc(N(Cc2ncc(CCC3CCC(OC)C3)cn2)C(=O)C2CCCCC2)c1. The molecule has 4 rings (SSSR count).